The Morgan fingerprint density at radius 3 is 2.74 bits per heavy atom. The Bertz CT molecular complexity index is 460. The number of nitrogens with zero attached hydrogens (tertiary/aromatic N) is 1. The third-order valence-corrected chi connectivity index (χ3v) is 3.18. The first-order chi connectivity index (χ1) is 9.13. The van der Waals surface area contributed by atoms with E-state index in [0.717, 1.165) is 5.56 Å². The maximum absolute atomic E-state index is 12.2. The highest BCUT2D eigenvalue weighted by molar-refractivity contribution is 5.88. The molecule has 1 heterocycles. The van der Waals surface area contributed by atoms with Gasteiger partial charge in [-0.25, -0.2) is 4.79 Å². The van der Waals surface area contributed by atoms with Gasteiger partial charge in [-0.2, -0.15) is 0 Å². The molecule has 0 aliphatic carbocycles. The van der Waals surface area contributed by atoms with Gasteiger partial charge in [-0.15, -0.1) is 0 Å². The average molecular weight is 263 g/mol. The molecule has 1 aromatic carbocycles. The summed E-state index contributed by atoms with van der Waals surface area (Å²) in [6, 6.07) is 8.87. The molecule has 0 spiro atoms. The van der Waals surface area contributed by atoms with Gasteiger partial charge in [-0.3, -0.25) is 4.79 Å². The second-order valence-corrected chi connectivity index (χ2v) is 4.47. The van der Waals surface area contributed by atoms with E-state index in [9.17, 15) is 9.59 Å². The summed E-state index contributed by atoms with van der Waals surface area (Å²) in [6.07, 6.45) is -0.524. The average Bonchev–Trinajstić information content (AvgIpc) is 2.44. The van der Waals surface area contributed by atoms with E-state index >= 15 is 0 Å². The number of methoxy groups -OCH3 is 1. The quantitative estimate of drug-likeness (QED) is 0.763. The van der Waals surface area contributed by atoms with Crippen LogP contribution in [0.5, 0.6) is 0 Å². The van der Waals surface area contributed by atoms with Crippen molar-refractivity contribution >= 4 is 11.9 Å². The number of morpholine rings is 1. The fourth-order valence-electron chi connectivity index (χ4n) is 2.08. The minimum Gasteiger partial charge on any atom is -0.467 e. The maximum Gasteiger partial charge on any atom is 0.331 e. The summed E-state index contributed by atoms with van der Waals surface area (Å²) < 4.78 is 10.0. The van der Waals surface area contributed by atoms with Crippen molar-refractivity contribution in [1.29, 1.82) is 0 Å². The molecule has 2 atom stereocenters. The van der Waals surface area contributed by atoms with Gasteiger partial charge >= 0.3 is 5.97 Å². The molecular formula is C14H17NO4. The van der Waals surface area contributed by atoms with Crippen LogP contribution in [-0.2, 0) is 25.6 Å². The van der Waals surface area contributed by atoms with Gasteiger partial charge in [0, 0.05) is 6.54 Å². The van der Waals surface area contributed by atoms with Crippen LogP contribution >= 0.6 is 0 Å². The van der Waals surface area contributed by atoms with Crippen LogP contribution in [-0.4, -0.2) is 42.6 Å². The van der Waals surface area contributed by atoms with Crippen LogP contribution in [0.1, 0.15) is 12.5 Å². The second kappa shape index (κ2) is 5.84. The van der Waals surface area contributed by atoms with Gasteiger partial charge in [-0.05, 0) is 12.5 Å². The Balaban J connectivity index is 2.20. The number of ether oxygens (including phenoxy) is 2. The largest absolute Gasteiger partial charge is 0.467 e. The van der Waals surface area contributed by atoms with Gasteiger partial charge in [0.15, 0.2) is 6.04 Å². The molecule has 1 fully saturated rings. The van der Waals surface area contributed by atoms with E-state index in [1.165, 1.54) is 12.0 Å². The smallest absolute Gasteiger partial charge is 0.331 e. The van der Waals surface area contributed by atoms with Crippen molar-refractivity contribution in [2.24, 2.45) is 0 Å². The fourth-order valence-corrected chi connectivity index (χ4v) is 2.08. The number of amides is 1. The standard InChI is InChI=1S/C14H17NO4/c1-10-13(16)15(8-11-6-4-3-5-7-11)12(9-19-10)14(17)18-2/h3-7,10,12H,8-9H2,1-2H3. The molecule has 5 nitrogen and oxygen atoms in total. The van der Waals surface area contributed by atoms with Crippen LogP contribution in [0.3, 0.4) is 0 Å². The number of hydrogen-bond acceptors (Lipinski definition) is 4. The summed E-state index contributed by atoms with van der Waals surface area (Å²) in [4.78, 5) is 25.4. The number of rotatable bonds is 3. The van der Waals surface area contributed by atoms with Crippen molar-refractivity contribution < 1.29 is 19.1 Å². The Morgan fingerprint density at radius 2 is 2.11 bits per heavy atom. The van der Waals surface area contributed by atoms with Crippen molar-refractivity contribution in [3.05, 3.63) is 35.9 Å². The summed E-state index contributed by atoms with van der Waals surface area (Å²) in [5.74, 6) is -0.637. The topological polar surface area (TPSA) is 55.8 Å². The van der Waals surface area contributed by atoms with E-state index in [1.54, 1.807) is 6.92 Å². The number of esters is 1. The van der Waals surface area contributed by atoms with Crippen molar-refractivity contribution in [1.82, 2.24) is 4.90 Å². The minimum atomic E-state index is -0.672. The van der Waals surface area contributed by atoms with Crippen LogP contribution in [0.25, 0.3) is 0 Å². The predicted octanol–water partition coefficient (Wildman–Crippen LogP) is 0.975. The molecule has 1 aliphatic rings. The number of benzene rings is 1. The molecule has 0 radical (unpaired) electrons. The fraction of sp³-hybridized carbons (Fsp3) is 0.429. The molecule has 0 N–H and O–H groups in total. The predicted molar refractivity (Wildman–Crippen MR) is 68.2 cm³/mol. The number of carbonyl (C=O) groups excluding carboxylic acids is 2. The molecule has 2 rings (SSSR count). The van der Waals surface area contributed by atoms with E-state index < -0.39 is 18.1 Å². The van der Waals surface area contributed by atoms with Crippen molar-refractivity contribution in [2.45, 2.75) is 25.6 Å². The van der Waals surface area contributed by atoms with Crippen LogP contribution < -0.4 is 0 Å². The van der Waals surface area contributed by atoms with Gasteiger partial charge in [0.25, 0.3) is 5.91 Å². The molecule has 0 bridgehead atoms. The molecule has 5 heteroatoms. The Labute approximate surface area is 112 Å². The Kier molecular flexibility index (Phi) is 4.16. The van der Waals surface area contributed by atoms with Crippen molar-refractivity contribution in [2.75, 3.05) is 13.7 Å². The summed E-state index contributed by atoms with van der Waals surface area (Å²) in [5.41, 5.74) is 0.971. The highest BCUT2D eigenvalue weighted by Gasteiger charge is 2.38. The lowest BCUT2D eigenvalue weighted by atomic mass is 10.1. The Morgan fingerprint density at radius 1 is 1.42 bits per heavy atom. The molecule has 1 saturated heterocycles. The molecule has 102 valence electrons. The number of hydrogen-bond donors (Lipinski definition) is 0. The highest BCUT2D eigenvalue weighted by atomic mass is 16.5. The van der Waals surface area contributed by atoms with Gasteiger partial charge in [0.1, 0.15) is 6.10 Å². The second-order valence-electron chi connectivity index (χ2n) is 4.47. The normalized spacial score (nSPS) is 23.3. The first kappa shape index (κ1) is 13.5. The lowest BCUT2D eigenvalue weighted by molar-refractivity contribution is -0.172. The Hall–Kier alpha value is -1.88. The zero-order valence-electron chi connectivity index (χ0n) is 11.0. The first-order valence-corrected chi connectivity index (χ1v) is 6.17. The molecule has 0 aromatic heterocycles. The van der Waals surface area contributed by atoms with E-state index in [4.69, 9.17) is 9.47 Å². The van der Waals surface area contributed by atoms with Crippen LogP contribution in [0.2, 0.25) is 0 Å². The summed E-state index contributed by atoms with van der Waals surface area (Å²) in [6.45, 7) is 2.24. The SMILES string of the molecule is COC(=O)C1COC(C)C(=O)N1Cc1ccccc1. The van der Waals surface area contributed by atoms with E-state index in [1.807, 2.05) is 30.3 Å². The first-order valence-electron chi connectivity index (χ1n) is 6.17. The van der Waals surface area contributed by atoms with E-state index in [-0.39, 0.29) is 12.5 Å². The van der Waals surface area contributed by atoms with Gasteiger partial charge in [0.2, 0.25) is 0 Å². The summed E-state index contributed by atoms with van der Waals surface area (Å²) in [7, 11) is 1.31. The molecule has 1 aromatic rings. The van der Waals surface area contributed by atoms with Crippen LogP contribution in [0.15, 0.2) is 30.3 Å². The monoisotopic (exact) mass is 263 g/mol. The van der Waals surface area contributed by atoms with Crippen LogP contribution in [0.4, 0.5) is 0 Å². The van der Waals surface area contributed by atoms with Gasteiger partial charge in [-0.1, -0.05) is 30.3 Å². The molecule has 19 heavy (non-hydrogen) atoms. The minimum absolute atomic E-state index is 0.173. The third kappa shape index (κ3) is 2.93. The molecule has 2 unspecified atom stereocenters. The summed E-state index contributed by atoms with van der Waals surface area (Å²) in [5, 5.41) is 0. The van der Waals surface area contributed by atoms with Gasteiger partial charge < -0.3 is 14.4 Å². The lowest BCUT2D eigenvalue weighted by Gasteiger charge is -2.36. The van der Waals surface area contributed by atoms with E-state index in [2.05, 4.69) is 0 Å². The zero-order valence-corrected chi connectivity index (χ0v) is 11.0. The maximum atomic E-state index is 12.2. The van der Waals surface area contributed by atoms with E-state index in [0.29, 0.717) is 6.54 Å². The third-order valence-electron chi connectivity index (χ3n) is 3.18. The molecule has 1 aliphatic heterocycles. The lowest BCUT2D eigenvalue weighted by Crippen LogP contribution is -2.56. The van der Waals surface area contributed by atoms with Crippen molar-refractivity contribution in [3.8, 4) is 0 Å². The summed E-state index contributed by atoms with van der Waals surface area (Å²) >= 11 is 0. The molecule has 0 saturated carbocycles. The van der Waals surface area contributed by atoms with Crippen molar-refractivity contribution in [3.63, 3.8) is 0 Å². The van der Waals surface area contributed by atoms with Crippen LogP contribution in [0, 0.1) is 0 Å². The zero-order chi connectivity index (χ0) is 13.8. The highest BCUT2D eigenvalue weighted by Crippen LogP contribution is 2.18. The molecule has 1 amide bonds. The molecular weight excluding hydrogens is 246 g/mol. The van der Waals surface area contributed by atoms with Gasteiger partial charge in [0.05, 0.1) is 13.7 Å². The number of carbonyl (C=O) groups is 2.